The van der Waals surface area contributed by atoms with Crippen LogP contribution in [-0.2, 0) is 9.84 Å². The number of hydrogen-bond donors (Lipinski definition) is 0. The standard InChI is InChI=1S/C19H19N3O3S2/c1-25-18-7-4-15(12-20-18)19-21-13-17(26-19)14-2-5-16(6-3-14)22-8-10-27(23,24)11-9-22/h2-7,12-13H,8-11H2,1H3. The summed E-state index contributed by atoms with van der Waals surface area (Å²) in [4.78, 5) is 11.9. The van der Waals surface area contributed by atoms with Crippen LogP contribution in [0.5, 0.6) is 5.88 Å². The zero-order chi connectivity index (χ0) is 18.9. The van der Waals surface area contributed by atoms with Crippen molar-refractivity contribution in [3.8, 4) is 26.9 Å². The van der Waals surface area contributed by atoms with E-state index < -0.39 is 9.84 Å². The van der Waals surface area contributed by atoms with Gasteiger partial charge in [0, 0.05) is 42.8 Å². The second-order valence-corrected chi connectivity index (χ2v) is 9.64. The van der Waals surface area contributed by atoms with Gasteiger partial charge in [-0.1, -0.05) is 12.1 Å². The Morgan fingerprint density at radius 1 is 0.963 bits per heavy atom. The van der Waals surface area contributed by atoms with Gasteiger partial charge in [-0.2, -0.15) is 0 Å². The van der Waals surface area contributed by atoms with Gasteiger partial charge >= 0.3 is 0 Å². The second kappa shape index (κ2) is 7.28. The van der Waals surface area contributed by atoms with Crippen molar-refractivity contribution in [1.29, 1.82) is 0 Å². The molecule has 6 nitrogen and oxygen atoms in total. The summed E-state index contributed by atoms with van der Waals surface area (Å²) in [5.74, 6) is 1.03. The molecule has 2 aromatic heterocycles. The van der Waals surface area contributed by atoms with E-state index in [1.807, 2.05) is 30.5 Å². The predicted octanol–water partition coefficient (Wildman–Crippen LogP) is 3.12. The molecule has 140 valence electrons. The van der Waals surface area contributed by atoms with Gasteiger partial charge in [-0.3, -0.25) is 0 Å². The number of pyridine rings is 1. The van der Waals surface area contributed by atoms with Crippen LogP contribution in [0.15, 0.2) is 48.8 Å². The molecule has 8 heteroatoms. The molecule has 0 amide bonds. The number of methoxy groups -OCH3 is 1. The maximum absolute atomic E-state index is 11.6. The first kappa shape index (κ1) is 17.9. The molecule has 3 heterocycles. The molecule has 1 saturated heterocycles. The molecular formula is C19H19N3O3S2. The molecule has 1 aliphatic rings. The highest BCUT2D eigenvalue weighted by atomic mass is 32.2. The van der Waals surface area contributed by atoms with E-state index in [-0.39, 0.29) is 11.5 Å². The van der Waals surface area contributed by atoms with Crippen LogP contribution in [0.3, 0.4) is 0 Å². The molecule has 1 fully saturated rings. The summed E-state index contributed by atoms with van der Waals surface area (Å²) < 4.78 is 28.2. The van der Waals surface area contributed by atoms with Crippen LogP contribution in [0.25, 0.3) is 21.0 Å². The molecule has 0 aliphatic carbocycles. The Kier molecular flexibility index (Phi) is 4.84. The maximum Gasteiger partial charge on any atom is 0.212 e. The van der Waals surface area contributed by atoms with Crippen molar-refractivity contribution in [2.45, 2.75) is 0 Å². The monoisotopic (exact) mass is 401 g/mol. The Labute approximate surface area is 162 Å². The summed E-state index contributed by atoms with van der Waals surface area (Å²) >= 11 is 1.61. The third-order valence-corrected chi connectivity index (χ3v) is 7.26. The van der Waals surface area contributed by atoms with Crippen molar-refractivity contribution in [3.63, 3.8) is 0 Å². The lowest BCUT2D eigenvalue weighted by molar-refractivity contribution is 0.398. The molecule has 0 bridgehead atoms. The van der Waals surface area contributed by atoms with E-state index in [9.17, 15) is 8.42 Å². The van der Waals surface area contributed by atoms with E-state index in [2.05, 4.69) is 27.0 Å². The van der Waals surface area contributed by atoms with E-state index in [4.69, 9.17) is 4.74 Å². The fraction of sp³-hybridized carbons (Fsp3) is 0.263. The lowest BCUT2D eigenvalue weighted by atomic mass is 10.2. The minimum atomic E-state index is -2.86. The number of ether oxygens (including phenoxy) is 1. The molecule has 0 atom stereocenters. The SMILES string of the molecule is COc1ccc(-c2ncc(-c3ccc(N4CCS(=O)(=O)CC4)cc3)s2)cn1. The van der Waals surface area contributed by atoms with Gasteiger partial charge in [0.25, 0.3) is 0 Å². The van der Waals surface area contributed by atoms with Crippen LogP contribution in [-0.4, -0.2) is 50.1 Å². The summed E-state index contributed by atoms with van der Waals surface area (Å²) in [5.41, 5.74) is 3.10. The Morgan fingerprint density at radius 2 is 1.67 bits per heavy atom. The quantitative estimate of drug-likeness (QED) is 0.669. The zero-order valence-corrected chi connectivity index (χ0v) is 16.5. The number of hydrogen-bond acceptors (Lipinski definition) is 7. The number of sulfone groups is 1. The van der Waals surface area contributed by atoms with Gasteiger partial charge in [-0.25, -0.2) is 18.4 Å². The number of aromatic nitrogens is 2. The Morgan fingerprint density at radius 3 is 2.30 bits per heavy atom. The number of thiazole rings is 1. The lowest BCUT2D eigenvalue weighted by Gasteiger charge is -2.28. The van der Waals surface area contributed by atoms with Crippen LogP contribution in [0, 0.1) is 0 Å². The van der Waals surface area contributed by atoms with E-state index in [1.165, 1.54) is 0 Å². The van der Waals surface area contributed by atoms with Crippen molar-refractivity contribution in [1.82, 2.24) is 9.97 Å². The number of benzene rings is 1. The molecular weight excluding hydrogens is 382 g/mol. The third-order valence-electron chi connectivity index (χ3n) is 4.56. The minimum Gasteiger partial charge on any atom is -0.481 e. The first-order chi connectivity index (χ1) is 13.0. The Balaban J connectivity index is 1.50. The number of rotatable bonds is 4. The van der Waals surface area contributed by atoms with Crippen molar-refractivity contribution in [2.75, 3.05) is 36.6 Å². The Hall–Kier alpha value is -2.45. The average molecular weight is 402 g/mol. The van der Waals surface area contributed by atoms with Crippen LogP contribution in [0.1, 0.15) is 0 Å². The highest BCUT2D eigenvalue weighted by Gasteiger charge is 2.21. The maximum atomic E-state index is 11.6. The summed E-state index contributed by atoms with van der Waals surface area (Å²) in [6.45, 7) is 1.10. The van der Waals surface area contributed by atoms with Crippen LogP contribution >= 0.6 is 11.3 Å². The van der Waals surface area contributed by atoms with Gasteiger partial charge in [-0.05, 0) is 23.8 Å². The first-order valence-corrected chi connectivity index (χ1v) is 11.2. The van der Waals surface area contributed by atoms with Crippen LogP contribution in [0.2, 0.25) is 0 Å². The van der Waals surface area contributed by atoms with Gasteiger partial charge in [0.05, 0.1) is 23.5 Å². The normalized spacial score (nSPS) is 16.3. The first-order valence-electron chi connectivity index (χ1n) is 8.56. The predicted molar refractivity (Wildman–Crippen MR) is 108 cm³/mol. The zero-order valence-electron chi connectivity index (χ0n) is 14.8. The molecule has 3 aromatic rings. The summed E-state index contributed by atoms with van der Waals surface area (Å²) in [6, 6.07) is 12.0. The topological polar surface area (TPSA) is 72.4 Å². The molecule has 0 spiro atoms. The molecule has 1 aromatic carbocycles. The van der Waals surface area contributed by atoms with E-state index in [0.29, 0.717) is 19.0 Å². The molecule has 0 saturated carbocycles. The van der Waals surface area contributed by atoms with Gasteiger partial charge in [-0.15, -0.1) is 11.3 Å². The fourth-order valence-electron chi connectivity index (χ4n) is 2.98. The van der Waals surface area contributed by atoms with Crippen molar-refractivity contribution in [2.24, 2.45) is 0 Å². The van der Waals surface area contributed by atoms with Crippen LogP contribution in [0.4, 0.5) is 5.69 Å². The molecule has 27 heavy (non-hydrogen) atoms. The molecule has 0 radical (unpaired) electrons. The van der Waals surface area contributed by atoms with Crippen LogP contribution < -0.4 is 9.64 Å². The number of anilines is 1. The lowest BCUT2D eigenvalue weighted by Crippen LogP contribution is -2.40. The van der Waals surface area contributed by atoms with E-state index >= 15 is 0 Å². The largest absolute Gasteiger partial charge is 0.481 e. The van der Waals surface area contributed by atoms with Crippen molar-refractivity contribution in [3.05, 3.63) is 48.8 Å². The van der Waals surface area contributed by atoms with E-state index in [0.717, 1.165) is 26.7 Å². The highest BCUT2D eigenvalue weighted by molar-refractivity contribution is 7.91. The highest BCUT2D eigenvalue weighted by Crippen LogP contribution is 2.33. The van der Waals surface area contributed by atoms with E-state index in [1.54, 1.807) is 24.6 Å². The second-order valence-electron chi connectivity index (χ2n) is 6.30. The summed E-state index contributed by atoms with van der Waals surface area (Å²) in [6.07, 6.45) is 3.63. The average Bonchev–Trinajstić information content (AvgIpc) is 3.18. The molecule has 0 N–H and O–H groups in total. The van der Waals surface area contributed by atoms with Crippen molar-refractivity contribution < 1.29 is 13.2 Å². The van der Waals surface area contributed by atoms with Gasteiger partial charge < -0.3 is 9.64 Å². The van der Waals surface area contributed by atoms with Crippen molar-refractivity contribution >= 4 is 26.9 Å². The van der Waals surface area contributed by atoms with Gasteiger partial charge in [0.1, 0.15) is 5.01 Å². The fourth-order valence-corrected chi connectivity index (χ4v) is 5.09. The minimum absolute atomic E-state index is 0.225. The number of nitrogens with zero attached hydrogens (tertiary/aromatic N) is 3. The molecule has 1 aliphatic heterocycles. The van der Waals surface area contributed by atoms with Gasteiger partial charge in [0.2, 0.25) is 5.88 Å². The smallest absolute Gasteiger partial charge is 0.212 e. The summed E-state index contributed by atoms with van der Waals surface area (Å²) in [5, 5.41) is 0.908. The third kappa shape index (κ3) is 3.96. The van der Waals surface area contributed by atoms with Gasteiger partial charge in [0.15, 0.2) is 9.84 Å². The molecule has 0 unspecified atom stereocenters. The summed E-state index contributed by atoms with van der Waals surface area (Å²) in [7, 11) is -1.27. The Bertz CT molecular complexity index is 1010. The molecule has 4 rings (SSSR count).